The van der Waals surface area contributed by atoms with Crippen LogP contribution in [0.1, 0.15) is 79.6 Å². The molecule has 0 rings (SSSR count). The Balaban J connectivity index is 4.13. The predicted molar refractivity (Wildman–Crippen MR) is 84.7 cm³/mol. The molecule has 0 aliphatic carbocycles. The lowest BCUT2D eigenvalue weighted by Crippen LogP contribution is -2.46. The number of hydrogen-bond acceptors (Lipinski definition) is 3. The highest BCUT2D eigenvalue weighted by molar-refractivity contribution is 5.81. The molecule has 0 aliphatic heterocycles. The van der Waals surface area contributed by atoms with Crippen LogP contribution < -0.4 is 10.9 Å². The molecule has 0 heterocycles. The van der Waals surface area contributed by atoms with Gasteiger partial charge in [-0.1, -0.05) is 46.0 Å². The van der Waals surface area contributed by atoms with Crippen molar-refractivity contribution < 1.29 is 14.3 Å². The molecule has 0 fully saturated rings. The van der Waals surface area contributed by atoms with Crippen molar-refractivity contribution in [2.45, 2.75) is 85.2 Å². The van der Waals surface area contributed by atoms with E-state index in [4.69, 9.17) is 4.74 Å². The number of nitrogens with one attached hydrogen (secondary N) is 2. The van der Waals surface area contributed by atoms with Gasteiger partial charge in [-0.2, -0.15) is 0 Å². The van der Waals surface area contributed by atoms with E-state index in [-0.39, 0.29) is 11.8 Å². The summed E-state index contributed by atoms with van der Waals surface area (Å²) >= 11 is 0. The largest absolute Gasteiger partial charge is 0.443 e. The van der Waals surface area contributed by atoms with Crippen LogP contribution in [0.25, 0.3) is 0 Å². The predicted octanol–water partition coefficient (Wildman–Crippen LogP) is 3.93. The molecule has 2 N–H and O–H groups in total. The normalized spacial score (nSPS) is 12.6. The van der Waals surface area contributed by atoms with E-state index in [0.29, 0.717) is 0 Å². The number of unbranched alkanes of at least 4 members (excludes halogenated alkanes) is 3. The number of hydrazine groups is 1. The van der Waals surface area contributed by atoms with Crippen LogP contribution in [0.2, 0.25) is 0 Å². The first kappa shape index (κ1) is 19.7. The van der Waals surface area contributed by atoms with Gasteiger partial charge in [0.1, 0.15) is 5.60 Å². The first-order valence-electron chi connectivity index (χ1n) is 8.09. The van der Waals surface area contributed by atoms with E-state index in [1.807, 2.05) is 0 Å². The maximum absolute atomic E-state index is 12.1. The molecule has 5 nitrogen and oxygen atoms in total. The average Bonchev–Trinajstić information content (AvgIpc) is 2.37. The summed E-state index contributed by atoms with van der Waals surface area (Å²) in [4.78, 5) is 23.6. The van der Waals surface area contributed by atoms with Crippen molar-refractivity contribution in [1.82, 2.24) is 10.9 Å². The highest BCUT2D eigenvalue weighted by Gasteiger charge is 2.20. The Hall–Kier alpha value is -1.26. The van der Waals surface area contributed by atoms with E-state index >= 15 is 0 Å². The number of hydrogen-bond donors (Lipinski definition) is 2. The maximum Gasteiger partial charge on any atom is 0.426 e. The molecule has 0 saturated heterocycles. The van der Waals surface area contributed by atoms with Crippen LogP contribution in [-0.4, -0.2) is 17.6 Å². The summed E-state index contributed by atoms with van der Waals surface area (Å²) in [5, 5.41) is 0. The standard InChI is InChI=1S/C16H32N2O3/c1-6-8-9-10-12-13(11-7-2)14(19)17-18-15(20)21-16(3,4)5/h13H,6-12H2,1-5H3,(H,17,19)(H,18,20). The summed E-state index contributed by atoms with van der Waals surface area (Å²) in [7, 11) is 0. The van der Waals surface area contributed by atoms with Crippen molar-refractivity contribution >= 4 is 12.0 Å². The third-order valence-electron chi connectivity index (χ3n) is 3.10. The molecule has 0 spiro atoms. The number of rotatable bonds is 8. The van der Waals surface area contributed by atoms with Gasteiger partial charge in [-0.05, 0) is 33.6 Å². The number of ether oxygens (including phenoxy) is 1. The van der Waals surface area contributed by atoms with Crippen LogP contribution in [0.3, 0.4) is 0 Å². The van der Waals surface area contributed by atoms with Gasteiger partial charge in [0, 0.05) is 5.92 Å². The van der Waals surface area contributed by atoms with Crippen molar-refractivity contribution in [3.63, 3.8) is 0 Å². The molecule has 0 saturated carbocycles. The fraction of sp³-hybridized carbons (Fsp3) is 0.875. The summed E-state index contributed by atoms with van der Waals surface area (Å²) in [6.07, 6.45) is 6.64. The first-order chi connectivity index (χ1) is 9.80. The van der Waals surface area contributed by atoms with Crippen LogP contribution in [0.4, 0.5) is 4.79 Å². The van der Waals surface area contributed by atoms with Crippen LogP contribution >= 0.6 is 0 Å². The van der Waals surface area contributed by atoms with Crippen molar-refractivity contribution in [1.29, 1.82) is 0 Å². The van der Waals surface area contributed by atoms with E-state index in [9.17, 15) is 9.59 Å². The summed E-state index contributed by atoms with van der Waals surface area (Å²) in [6, 6.07) is 0. The third kappa shape index (κ3) is 11.1. The minimum atomic E-state index is -0.628. The third-order valence-corrected chi connectivity index (χ3v) is 3.10. The molecule has 0 radical (unpaired) electrons. The second-order valence-electron chi connectivity index (χ2n) is 6.45. The second kappa shape index (κ2) is 10.5. The molecular formula is C16H32N2O3. The van der Waals surface area contributed by atoms with Crippen LogP contribution in [0.15, 0.2) is 0 Å². The first-order valence-corrected chi connectivity index (χ1v) is 8.09. The fourth-order valence-electron chi connectivity index (χ4n) is 2.09. The quantitative estimate of drug-likeness (QED) is 0.527. The molecule has 1 atom stereocenters. The lowest BCUT2D eigenvalue weighted by Gasteiger charge is -2.21. The van der Waals surface area contributed by atoms with E-state index in [1.165, 1.54) is 12.8 Å². The van der Waals surface area contributed by atoms with Gasteiger partial charge in [0.2, 0.25) is 5.91 Å². The smallest absolute Gasteiger partial charge is 0.426 e. The van der Waals surface area contributed by atoms with E-state index in [0.717, 1.165) is 32.1 Å². The molecule has 0 bridgehead atoms. The summed E-state index contributed by atoms with van der Waals surface area (Å²) in [5.41, 5.74) is 4.21. The van der Waals surface area contributed by atoms with Gasteiger partial charge in [-0.15, -0.1) is 0 Å². The molecule has 0 aliphatic rings. The molecule has 0 aromatic heterocycles. The Morgan fingerprint density at radius 2 is 1.62 bits per heavy atom. The van der Waals surface area contributed by atoms with Crippen LogP contribution in [0, 0.1) is 5.92 Å². The molecular weight excluding hydrogens is 268 g/mol. The van der Waals surface area contributed by atoms with E-state index < -0.39 is 11.7 Å². The lowest BCUT2D eigenvalue weighted by atomic mass is 9.95. The van der Waals surface area contributed by atoms with Gasteiger partial charge in [0.05, 0.1) is 0 Å². The molecule has 124 valence electrons. The van der Waals surface area contributed by atoms with Gasteiger partial charge in [-0.25, -0.2) is 10.2 Å². The molecule has 0 aromatic rings. The Kier molecular flexibility index (Phi) is 9.84. The highest BCUT2D eigenvalue weighted by atomic mass is 16.6. The SMILES string of the molecule is CCCCCCC(CCC)C(=O)NNC(=O)OC(C)(C)C. The van der Waals surface area contributed by atoms with Crippen molar-refractivity contribution in [3.8, 4) is 0 Å². The minimum Gasteiger partial charge on any atom is -0.443 e. The average molecular weight is 300 g/mol. The van der Waals surface area contributed by atoms with E-state index in [1.54, 1.807) is 20.8 Å². The monoisotopic (exact) mass is 300 g/mol. The van der Waals surface area contributed by atoms with Gasteiger partial charge >= 0.3 is 6.09 Å². The molecule has 5 heteroatoms. The summed E-state index contributed by atoms with van der Waals surface area (Å²) in [6.45, 7) is 9.57. The van der Waals surface area contributed by atoms with Crippen LogP contribution in [-0.2, 0) is 9.53 Å². The molecule has 21 heavy (non-hydrogen) atoms. The molecule has 0 aromatic carbocycles. The van der Waals surface area contributed by atoms with Gasteiger partial charge in [0.25, 0.3) is 0 Å². The maximum atomic E-state index is 12.1. The van der Waals surface area contributed by atoms with E-state index in [2.05, 4.69) is 24.7 Å². The zero-order valence-corrected chi connectivity index (χ0v) is 14.3. The zero-order valence-electron chi connectivity index (χ0n) is 14.3. The number of carbonyl (C=O) groups excluding carboxylic acids is 2. The second-order valence-corrected chi connectivity index (χ2v) is 6.45. The Morgan fingerprint density at radius 1 is 0.952 bits per heavy atom. The van der Waals surface area contributed by atoms with Crippen molar-refractivity contribution in [2.24, 2.45) is 5.92 Å². The van der Waals surface area contributed by atoms with Crippen LogP contribution in [0.5, 0.6) is 0 Å². The highest BCUT2D eigenvalue weighted by Crippen LogP contribution is 2.16. The molecule has 1 unspecified atom stereocenters. The zero-order chi connectivity index (χ0) is 16.3. The van der Waals surface area contributed by atoms with Gasteiger partial charge in [0.15, 0.2) is 0 Å². The topological polar surface area (TPSA) is 67.4 Å². The fourth-order valence-corrected chi connectivity index (χ4v) is 2.09. The van der Waals surface area contributed by atoms with Gasteiger partial charge < -0.3 is 4.74 Å². The molecule has 2 amide bonds. The summed E-state index contributed by atoms with van der Waals surface area (Å²) < 4.78 is 5.08. The number of carbonyl (C=O) groups is 2. The number of amides is 2. The summed E-state index contributed by atoms with van der Waals surface area (Å²) in [5.74, 6) is -0.166. The lowest BCUT2D eigenvalue weighted by molar-refractivity contribution is -0.126. The Morgan fingerprint density at radius 3 is 2.14 bits per heavy atom. The van der Waals surface area contributed by atoms with Crippen molar-refractivity contribution in [3.05, 3.63) is 0 Å². The minimum absolute atomic E-state index is 0.0400. The van der Waals surface area contributed by atoms with Gasteiger partial charge in [-0.3, -0.25) is 10.2 Å². The van der Waals surface area contributed by atoms with Crippen molar-refractivity contribution in [2.75, 3.05) is 0 Å². The Labute approximate surface area is 129 Å². The Bertz CT molecular complexity index is 311.